The van der Waals surface area contributed by atoms with Crippen molar-refractivity contribution in [1.82, 2.24) is 4.90 Å². The summed E-state index contributed by atoms with van der Waals surface area (Å²) in [6.45, 7) is 5.40. The molecule has 1 unspecified atom stereocenters. The normalized spacial score (nSPS) is 20.9. The molecule has 1 aliphatic rings. The van der Waals surface area contributed by atoms with Crippen LogP contribution in [0.5, 0.6) is 5.75 Å². The Balaban J connectivity index is 2.08. The van der Waals surface area contributed by atoms with E-state index in [9.17, 15) is 0 Å². The lowest BCUT2D eigenvalue weighted by Gasteiger charge is -2.31. The van der Waals surface area contributed by atoms with E-state index >= 15 is 0 Å². The van der Waals surface area contributed by atoms with Crippen LogP contribution in [-0.4, -0.2) is 31.1 Å². The highest BCUT2D eigenvalue weighted by molar-refractivity contribution is 5.35. The van der Waals surface area contributed by atoms with Crippen molar-refractivity contribution in [3.8, 4) is 5.75 Å². The lowest BCUT2D eigenvalue weighted by Crippen LogP contribution is -2.42. The summed E-state index contributed by atoms with van der Waals surface area (Å²) >= 11 is 0. The van der Waals surface area contributed by atoms with Crippen molar-refractivity contribution in [1.29, 1.82) is 0 Å². The topological polar surface area (TPSA) is 38.5 Å². The van der Waals surface area contributed by atoms with Crippen LogP contribution in [0.15, 0.2) is 18.2 Å². The molecule has 1 fully saturated rings. The van der Waals surface area contributed by atoms with Crippen LogP contribution in [0.25, 0.3) is 0 Å². The molecular weight excluding hydrogens is 224 g/mol. The Bertz CT molecular complexity index is 392. The van der Waals surface area contributed by atoms with Gasteiger partial charge in [-0.15, -0.1) is 0 Å². The molecule has 1 saturated heterocycles. The molecule has 0 spiro atoms. The summed E-state index contributed by atoms with van der Waals surface area (Å²) in [4.78, 5) is 2.47. The van der Waals surface area contributed by atoms with E-state index in [4.69, 9.17) is 10.5 Å². The molecule has 0 bridgehead atoms. The lowest BCUT2D eigenvalue weighted by molar-refractivity contribution is 0.201. The Morgan fingerprint density at radius 1 is 1.39 bits per heavy atom. The molecule has 3 nitrogen and oxygen atoms in total. The maximum atomic E-state index is 6.03. The third-order valence-corrected chi connectivity index (χ3v) is 3.73. The predicted octanol–water partition coefficient (Wildman–Crippen LogP) is 2.18. The van der Waals surface area contributed by atoms with Gasteiger partial charge in [-0.2, -0.15) is 0 Å². The van der Waals surface area contributed by atoms with Crippen molar-refractivity contribution in [3.63, 3.8) is 0 Å². The van der Waals surface area contributed by atoms with Gasteiger partial charge in [-0.25, -0.2) is 0 Å². The Morgan fingerprint density at radius 3 is 2.89 bits per heavy atom. The summed E-state index contributed by atoms with van der Waals surface area (Å²) in [5.74, 6) is 0.950. The number of likely N-dealkylation sites (tertiary alicyclic amines) is 1. The number of nitrogens with two attached hydrogens (primary N) is 1. The van der Waals surface area contributed by atoms with Gasteiger partial charge in [0.1, 0.15) is 5.75 Å². The molecule has 0 radical (unpaired) electrons. The van der Waals surface area contributed by atoms with Crippen LogP contribution < -0.4 is 10.5 Å². The van der Waals surface area contributed by atoms with Gasteiger partial charge < -0.3 is 10.5 Å². The second-order valence-corrected chi connectivity index (χ2v) is 5.13. The van der Waals surface area contributed by atoms with E-state index in [1.807, 2.05) is 0 Å². The first-order chi connectivity index (χ1) is 8.72. The lowest BCUT2D eigenvalue weighted by atomic mass is 10.0. The van der Waals surface area contributed by atoms with Crippen molar-refractivity contribution in [2.45, 2.75) is 38.8 Å². The van der Waals surface area contributed by atoms with Crippen molar-refractivity contribution >= 4 is 0 Å². The number of aryl methyl sites for hydroxylation is 1. The van der Waals surface area contributed by atoms with Crippen LogP contribution in [0, 0.1) is 0 Å². The number of benzene rings is 1. The molecule has 2 N–H and O–H groups in total. The molecule has 0 amide bonds. The minimum atomic E-state index is 0.349. The van der Waals surface area contributed by atoms with Crippen LogP contribution in [0.2, 0.25) is 0 Å². The first-order valence-electron chi connectivity index (χ1n) is 6.86. The van der Waals surface area contributed by atoms with Gasteiger partial charge in [0.25, 0.3) is 0 Å². The molecule has 1 aromatic carbocycles. The summed E-state index contributed by atoms with van der Waals surface area (Å²) in [5.41, 5.74) is 8.83. The average molecular weight is 248 g/mol. The highest BCUT2D eigenvalue weighted by Crippen LogP contribution is 2.21. The van der Waals surface area contributed by atoms with E-state index in [-0.39, 0.29) is 0 Å². The SMILES string of the molecule is CCc1cc(OC)ccc1CN1CCCC(N)C1. The molecule has 18 heavy (non-hydrogen) atoms. The van der Waals surface area contributed by atoms with E-state index < -0.39 is 0 Å². The quantitative estimate of drug-likeness (QED) is 0.887. The highest BCUT2D eigenvalue weighted by atomic mass is 16.5. The molecule has 1 aromatic rings. The first-order valence-corrected chi connectivity index (χ1v) is 6.86. The fourth-order valence-electron chi connectivity index (χ4n) is 2.69. The zero-order valence-electron chi connectivity index (χ0n) is 11.5. The van der Waals surface area contributed by atoms with Crippen molar-refractivity contribution in [3.05, 3.63) is 29.3 Å². The highest BCUT2D eigenvalue weighted by Gasteiger charge is 2.17. The first kappa shape index (κ1) is 13.4. The average Bonchev–Trinajstić information content (AvgIpc) is 2.39. The summed E-state index contributed by atoms with van der Waals surface area (Å²) in [6.07, 6.45) is 3.44. The number of methoxy groups -OCH3 is 1. The van der Waals surface area contributed by atoms with Gasteiger partial charge in [0.15, 0.2) is 0 Å². The van der Waals surface area contributed by atoms with Gasteiger partial charge in [0, 0.05) is 19.1 Å². The number of ether oxygens (including phenoxy) is 1. The van der Waals surface area contributed by atoms with Crippen LogP contribution in [0.3, 0.4) is 0 Å². The molecule has 2 rings (SSSR count). The number of nitrogens with zero attached hydrogens (tertiary/aromatic N) is 1. The van der Waals surface area contributed by atoms with E-state index in [1.165, 1.54) is 30.5 Å². The zero-order chi connectivity index (χ0) is 13.0. The molecule has 0 saturated carbocycles. The van der Waals surface area contributed by atoms with Crippen molar-refractivity contribution in [2.24, 2.45) is 5.73 Å². The standard InChI is InChI=1S/C15H24N2O/c1-3-12-9-15(18-2)7-6-13(12)10-17-8-4-5-14(16)11-17/h6-7,9,14H,3-5,8,10-11,16H2,1-2H3. The van der Waals surface area contributed by atoms with Crippen molar-refractivity contribution < 1.29 is 4.74 Å². The molecule has 0 aromatic heterocycles. The van der Waals surface area contributed by atoms with Crippen LogP contribution in [-0.2, 0) is 13.0 Å². The summed E-state index contributed by atoms with van der Waals surface area (Å²) in [7, 11) is 1.72. The van der Waals surface area contributed by atoms with Gasteiger partial charge in [0.2, 0.25) is 0 Å². The maximum absolute atomic E-state index is 6.03. The van der Waals surface area contributed by atoms with E-state index in [2.05, 4.69) is 30.0 Å². The van der Waals surface area contributed by atoms with Crippen LogP contribution in [0.4, 0.5) is 0 Å². The Morgan fingerprint density at radius 2 is 2.22 bits per heavy atom. The zero-order valence-corrected chi connectivity index (χ0v) is 11.5. The Labute approximate surface area is 110 Å². The molecule has 3 heteroatoms. The van der Waals surface area contributed by atoms with Gasteiger partial charge in [-0.05, 0) is 49.1 Å². The molecule has 1 heterocycles. The number of rotatable bonds is 4. The minimum Gasteiger partial charge on any atom is -0.497 e. The maximum Gasteiger partial charge on any atom is 0.119 e. The van der Waals surface area contributed by atoms with E-state index in [0.29, 0.717) is 6.04 Å². The minimum absolute atomic E-state index is 0.349. The molecule has 0 aliphatic carbocycles. The van der Waals surface area contributed by atoms with Crippen molar-refractivity contribution in [2.75, 3.05) is 20.2 Å². The fraction of sp³-hybridized carbons (Fsp3) is 0.600. The third-order valence-electron chi connectivity index (χ3n) is 3.73. The third kappa shape index (κ3) is 3.24. The fourth-order valence-corrected chi connectivity index (χ4v) is 2.69. The summed E-state index contributed by atoms with van der Waals surface area (Å²) < 4.78 is 5.29. The summed E-state index contributed by atoms with van der Waals surface area (Å²) in [5, 5.41) is 0. The predicted molar refractivity (Wildman–Crippen MR) is 74.9 cm³/mol. The smallest absolute Gasteiger partial charge is 0.119 e. The molecular formula is C15H24N2O. The second kappa shape index (κ2) is 6.21. The largest absolute Gasteiger partial charge is 0.497 e. The van der Waals surface area contributed by atoms with Gasteiger partial charge in [-0.1, -0.05) is 13.0 Å². The van der Waals surface area contributed by atoms with E-state index in [0.717, 1.165) is 25.3 Å². The monoisotopic (exact) mass is 248 g/mol. The number of piperidine rings is 1. The van der Waals surface area contributed by atoms with Crippen LogP contribution in [0.1, 0.15) is 30.9 Å². The van der Waals surface area contributed by atoms with Crippen LogP contribution >= 0.6 is 0 Å². The molecule has 100 valence electrons. The molecule has 1 atom stereocenters. The molecule has 1 aliphatic heterocycles. The van der Waals surface area contributed by atoms with Gasteiger partial charge in [-0.3, -0.25) is 4.90 Å². The van der Waals surface area contributed by atoms with Gasteiger partial charge >= 0.3 is 0 Å². The second-order valence-electron chi connectivity index (χ2n) is 5.13. The number of hydrogen-bond donors (Lipinski definition) is 1. The van der Waals surface area contributed by atoms with Gasteiger partial charge in [0.05, 0.1) is 7.11 Å². The summed E-state index contributed by atoms with van der Waals surface area (Å²) in [6, 6.07) is 6.75. The Hall–Kier alpha value is -1.06. The Kier molecular flexibility index (Phi) is 4.61. The number of hydrogen-bond acceptors (Lipinski definition) is 3. The van der Waals surface area contributed by atoms with E-state index in [1.54, 1.807) is 7.11 Å².